The molecule has 27 heavy (non-hydrogen) atoms. The molecule has 0 saturated carbocycles. The predicted octanol–water partition coefficient (Wildman–Crippen LogP) is 2.95. The van der Waals surface area contributed by atoms with E-state index >= 15 is 0 Å². The highest BCUT2D eigenvalue weighted by Gasteiger charge is 2.42. The minimum absolute atomic E-state index is 0.0995. The predicted molar refractivity (Wildman–Crippen MR) is 103 cm³/mol. The second-order valence-corrected chi connectivity index (χ2v) is 7.24. The summed E-state index contributed by atoms with van der Waals surface area (Å²) in [4.78, 5) is 34.2. The normalized spacial score (nSPS) is 16.4. The van der Waals surface area contributed by atoms with E-state index in [1.165, 1.54) is 0 Å². The molecule has 0 bridgehead atoms. The lowest BCUT2D eigenvalue weighted by Gasteiger charge is -2.26. The van der Waals surface area contributed by atoms with Crippen LogP contribution in [0.25, 0.3) is 11.0 Å². The number of carbonyl (C=O) groups excluding carboxylic acids is 1. The molecule has 6 nitrogen and oxygen atoms in total. The smallest absolute Gasteiger partial charge is 0.290 e. The van der Waals surface area contributed by atoms with E-state index in [1.54, 1.807) is 41.6 Å². The van der Waals surface area contributed by atoms with Crippen molar-refractivity contribution in [3.05, 3.63) is 74.9 Å². The standard InChI is InChI=1S/C20H18ClN3O3/c1-23(2)8-9-24-17(12-4-3-7-22-11-12)16-18(25)14-10-13(21)5-6-15(14)27-19(16)20(24)26/h3-7,10-11,17H,8-9H2,1-2H3. The summed E-state index contributed by atoms with van der Waals surface area (Å²) in [5.41, 5.74) is 1.25. The quantitative estimate of drug-likeness (QED) is 0.693. The summed E-state index contributed by atoms with van der Waals surface area (Å²) in [5, 5.41) is 0.818. The molecule has 138 valence electrons. The second-order valence-electron chi connectivity index (χ2n) is 6.81. The molecule has 0 fully saturated rings. The molecule has 2 aromatic heterocycles. The molecule has 0 radical (unpaired) electrons. The van der Waals surface area contributed by atoms with Gasteiger partial charge in [-0.25, -0.2) is 0 Å². The third-order valence-electron chi connectivity index (χ3n) is 4.72. The van der Waals surface area contributed by atoms with Gasteiger partial charge in [-0.2, -0.15) is 0 Å². The average molecular weight is 384 g/mol. The Morgan fingerprint density at radius 2 is 2.07 bits per heavy atom. The molecule has 0 spiro atoms. The first-order chi connectivity index (χ1) is 13.0. The molecule has 1 aliphatic heterocycles. The fourth-order valence-electron chi connectivity index (χ4n) is 3.42. The van der Waals surface area contributed by atoms with E-state index in [0.29, 0.717) is 34.6 Å². The molecule has 1 unspecified atom stereocenters. The highest BCUT2D eigenvalue weighted by Crippen LogP contribution is 2.37. The number of benzene rings is 1. The molecule has 0 saturated heterocycles. The Kier molecular flexibility index (Phi) is 4.45. The van der Waals surface area contributed by atoms with E-state index in [0.717, 1.165) is 5.56 Å². The van der Waals surface area contributed by atoms with E-state index in [2.05, 4.69) is 4.98 Å². The zero-order valence-corrected chi connectivity index (χ0v) is 15.7. The van der Waals surface area contributed by atoms with E-state index in [9.17, 15) is 9.59 Å². The van der Waals surface area contributed by atoms with Crippen LogP contribution in [0.5, 0.6) is 0 Å². The van der Waals surface area contributed by atoms with Crippen LogP contribution >= 0.6 is 11.6 Å². The Labute approximate surface area is 161 Å². The van der Waals surface area contributed by atoms with E-state index in [4.69, 9.17) is 16.0 Å². The maximum atomic E-state index is 13.3. The van der Waals surface area contributed by atoms with Gasteiger partial charge in [-0.1, -0.05) is 17.7 Å². The second kappa shape index (κ2) is 6.79. The number of fused-ring (bicyclic) bond motifs is 2. The fraction of sp³-hybridized carbons (Fsp3) is 0.250. The number of amides is 1. The summed E-state index contributed by atoms with van der Waals surface area (Å²) in [6.07, 6.45) is 3.34. The van der Waals surface area contributed by atoms with E-state index < -0.39 is 6.04 Å². The SMILES string of the molecule is CN(C)CCN1C(=O)c2oc3ccc(Cl)cc3c(=O)c2C1c1cccnc1. The van der Waals surface area contributed by atoms with Crippen LogP contribution in [0.1, 0.15) is 27.7 Å². The topological polar surface area (TPSA) is 66.7 Å². The number of rotatable bonds is 4. The summed E-state index contributed by atoms with van der Waals surface area (Å²) in [6, 6.07) is 7.97. The van der Waals surface area contributed by atoms with Crippen molar-refractivity contribution < 1.29 is 9.21 Å². The lowest BCUT2D eigenvalue weighted by Crippen LogP contribution is -2.35. The maximum absolute atomic E-state index is 13.3. The highest BCUT2D eigenvalue weighted by atomic mass is 35.5. The number of aromatic nitrogens is 1. The van der Waals surface area contributed by atoms with Gasteiger partial charge in [0.2, 0.25) is 5.76 Å². The molecule has 0 aliphatic carbocycles. The van der Waals surface area contributed by atoms with Crippen LogP contribution in [-0.4, -0.2) is 47.9 Å². The number of hydrogen-bond donors (Lipinski definition) is 0. The van der Waals surface area contributed by atoms with Crippen molar-refractivity contribution in [3.63, 3.8) is 0 Å². The summed E-state index contributed by atoms with van der Waals surface area (Å²) in [7, 11) is 3.87. The lowest BCUT2D eigenvalue weighted by molar-refractivity contribution is 0.0716. The van der Waals surface area contributed by atoms with Gasteiger partial charge in [-0.3, -0.25) is 14.6 Å². The van der Waals surface area contributed by atoms with Gasteiger partial charge in [-0.15, -0.1) is 0 Å². The number of pyridine rings is 1. The van der Waals surface area contributed by atoms with E-state index in [-0.39, 0.29) is 17.1 Å². The van der Waals surface area contributed by atoms with Crippen molar-refractivity contribution in [1.82, 2.24) is 14.8 Å². The molecule has 1 aromatic carbocycles. The Hall–Kier alpha value is -2.70. The molecule has 1 atom stereocenters. The Balaban J connectivity index is 1.95. The minimum Gasteiger partial charge on any atom is -0.450 e. The van der Waals surface area contributed by atoms with Crippen molar-refractivity contribution in [2.24, 2.45) is 0 Å². The van der Waals surface area contributed by atoms with Crippen molar-refractivity contribution in [2.45, 2.75) is 6.04 Å². The number of carbonyl (C=O) groups is 1. The first-order valence-electron chi connectivity index (χ1n) is 8.59. The summed E-state index contributed by atoms with van der Waals surface area (Å²) in [5.74, 6) is -0.183. The average Bonchev–Trinajstić information content (AvgIpc) is 2.94. The largest absolute Gasteiger partial charge is 0.450 e. The molecule has 0 N–H and O–H groups in total. The van der Waals surface area contributed by atoms with Crippen LogP contribution < -0.4 is 5.43 Å². The van der Waals surface area contributed by atoms with Gasteiger partial charge < -0.3 is 14.2 Å². The number of nitrogens with zero attached hydrogens (tertiary/aromatic N) is 3. The number of hydrogen-bond acceptors (Lipinski definition) is 5. The van der Waals surface area contributed by atoms with Gasteiger partial charge in [0.25, 0.3) is 5.91 Å². The summed E-state index contributed by atoms with van der Waals surface area (Å²) >= 11 is 6.06. The number of likely N-dealkylation sites (N-methyl/N-ethyl adjacent to an activating group) is 1. The van der Waals surface area contributed by atoms with Gasteiger partial charge in [0, 0.05) is 30.5 Å². The molecule has 7 heteroatoms. The van der Waals surface area contributed by atoms with Gasteiger partial charge in [-0.05, 0) is 43.9 Å². The highest BCUT2D eigenvalue weighted by molar-refractivity contribution is 6.31. The monoisotopic (exact) mass is 383 g/mol. The Bertz CT molecular complexity index is 1080. The van der Waals surface area contributed by atoms with Gasteiger partial charge in [0.1, 0.15) is 5.58 Å². The van der Waals surface area contributed by atoms with Crippen molar-refractivity contribution in [1.29, 1.82) is 0 Å². The van der Waals surface area contributed by atoms with Crippen LogP contribution in [0, 0.1) is 0 Å². The van der Waals surface area contributed by atoms with E-state index in [1.807, 2.05) is 25.1 Å². The van der Waals surface area contributed by atoms with Crippen LogP contribution in [0.15, 0.2) is 51.9 Å². The molecular weight excluding hydrogens is 366 g/mol. The fourth-order valence-corrected chi connectivity index (χ4v) is 3.59. The van der Waals surface area contributed by atoms with Crippen LogP contribution in [-0.2, 0) is 0 Å². The maximum Gasteiger partial charge on any atom is 0.290 e. The zero-order valence-electron chi connectivity index (χ0n) is 15.0. The van der Waals surface area contributed by atoms with Crippen LogP contribution in [0.3, 0.4) is 0 Å². The molecule has 1 amide bonds. The van der Waals surface area contributed by atoms with Crippen molar-refractivity contribution >= 4 is 28.5 Å². The van der Waals surface area contributed by atoms with Crippen LogP contribution in [0.4, 0.5) is 0 Å². The first-order valence-corrected chi connectivity index (χ1v) is 8.97. The third kappa shape index (κ3) is 3.01. The molecule has 3 heterocycles. The minimum atomic E-state index is -0.527. The van der Waals surface area contributed by atoms with Gasteiger partial charge in [0.15, 0.2) is 5.43 Å². The first kappa shape index (κ1) is 17.7. The zero-order chi connectivity index (χ0) is 19.1. The van der Waals surface area contributed by atoms with Crippen LogP contribution in [0.2, 0.25) is 5.02 Å². The summed E-state index contributed by atoms with van der Waals surface area (Å²) in [6.45, 7) is 1.13. The molecule has 3 aromatic rings. The van der Waals surface area contributed by atoms with Crippen molar-refractivity contribution in [2.75, 3.05) is 27.2 Å². The lowest BCUT2D eigenvalue weighted by atomic mass is 10.00. The van der Waals surface area contributed by atoms with Gasteiger partial charge >= 0.3 is 0 Å². The van der Waals surface area contributed by atoms with Crippen molar-refractivity contribution in [3.8, 4) is 0 Å². The molecule has 4 rings (SSSR count). The third-order valence-corrected chi connectivity index (χ3v) is 4.95. The van der Waals surface area contributed by atoms with Gasteiger partial charge in [0.05, 0.1) is 17.0 Å². The summed E-state index contributed by atoms with van der Waals surface area (Å²) < 4.78 is 5.86. The number of halogens is 1. The molecular formula is C20H18ClN3O3. The Morgan fingerprint density at radius 3 is 2.78 bits per heavy atom. The molecule has 1 aliphatic rings. The Morgan fingerprint density at radius 1 is 1.26 bits per heavy atom.